The van der Waals surface area contributed by atoms with E-state index >= 15 is 0 Å². The molecule has 0 aromatic carbocycles. The summed E-state index contributed by atoms with van der Waals surface area (Å²) in [5.41, 5.74) is 0.886. The van der Waals surface area contributed by atoms with Gasteiger partial charge < -0.3 is 14.7 Å². The van der Waals surface area contributed by atoms with Crippen LogP contribution in [0.15, 0.2) is 12.1 Å². The highest BCUT2D eigenvalue weighted by atomic mass is 16.5. The summed E-state index contributed by atoms with van der Waals surface area (Å²) >= 11 is 0. The first kappa shape index (κ1) is 14.8. The zero-order valence-electron chi connectivity index (χ0n) is 12.5. The van der Waals surface area contributed by atoms with Crippen LogP contribution in [0.25, 0.3) is 0 Å². The molecule has 1 aliphatic rings. The number of hydrogen-bond donors (Lipinski definition) is 1. The molecule has 1 aromatic heterocycles. The largest absolute Gasteiger partial charge is 0.478 e. The van der Waals surface area contributed by atoms with Gasteiger partial charge >= 0.3 is 5.97 Å². The van der Waals surface area contributed by atoms with Crippen LogP contribution in [0.2, 0.25) is 0 Å². The topological polar surface area (TPSA) is 62.7 Å². The number of likely N-dealkylation sites (N-methyl/N-ethyl adjacent to an activating group) is 1. The molecule has 0 spiro atoms. The number of anilines is 1. The van der Waals surface area contributed by atoms with E-state index < -0.39 is 5.97 Å². The van der Waals surface area contributed by atoms with Gasteiger partial charge in [-0.15, -0.1) is 0 Å². The van der Waals surface area contributed by atoms with E-state index in [4.69, 9.17) is 4.74 Å². The highest BCUT2D eigenvalue weighted by molar-refractivity contribution is 5.88. The summed E-state index contributed by atoms with van der Waals surface area (Å²) in [5.74, 6) is -0.222. The lowest BCUT2D eigenvalue weighted by molar-refractivity contribution is 0.0696. The maximum absolute atomic E-state index is 11.3. The van der Waals surface area contributed by atoms with E-state index in [2.05, 4.69) is 4.98 Å². The molecule has 1 aliphatic heterocycles. The Morgan fingerprint density at radius 2 is 2.15 bits per heavy atom. The molecule has 1 unspecified atom stereocenters. The summed E-state index contributed by atoms with van der Waals surface area (Å²) < 4.78 is 5.39. The summed E-state index contributed by atoms with van der Waals surface area (Å²) in [6.07, 6.45) is 0.945. The van der Waals surface area contributed by atoms with Crippen molar-refractivity contribution in [1.82, 2.24) is 4.98 Å². The molecule has 1 aromatic rings. The third kappa shape index (κ3) is 3.10. The Morgan fingerprint density at radius 3 is 2.65 bits per heavy atom. The number of carbonyl (C=O) groups is 1. The van der Waals surface area contributed by atoms with Crippen LogP contribution in [0.5, 0.6) is 0 Å². The maximum Gasteiger partial charge on any atom is 0.335 e. The van der Waals surface area contributed by atoms with Gasteiger partial charge in [-0.05, 0) is 18.6 Å². The SMILES string of the molecule is CN(c1cc(C(=O)O)cc(C(C)(C)C)n1)C1CCOC1. The minimum absolute atomic E-state index is 0.187. The summed E-state index contributed by atoms with van der Waals surface area (Å²) in [6, 6.07) is 3.56. The van der Waals surface area contributed by atoms with Gasteiger partial charge in [-0.25, -0.2) is 9.78 Å². The molecule has 110 valence electrons. The number of nitrogens with zero attached hydrogens (tertiary/aromatic N) is 2. The number of hydrogen-bond acceptors (Lipinski definition) is 4. The summed E-state index contributed by atoms with van der Waals surface area (Å²) in [6.45, 7) is 7.51. The number of ether oxygens (including phenoxy) is 1. The van der Waals surface area contributed by atoms with E-state index in [0.717, 1.165) is 18.7 Å². The molecule has 2 rings (SSSR count). The monoisotopic (exact) mass is 278 g/mol. The fourth-order valence-electron chi connectivity index (χ4n) is 2.22. The van der Waals surface area contributed by atoms with E-state index in [-0.39, 0.29) is 17.0 Å². The standard InChI is InChI=1S/C15H22N2O3/c1-15(2,3)12-7-10(14(18)19)8-13(16-12)17(4)11-5-6-20-9-11/h7-8,11H,5-6,9H2,1-4H3,(H,18,19). The van der Waals surface area contributed by atoms with Crippen molar-refractivity contribution >= 4 is 11.8 Å². The van der Waals surface area contributed by atoms with Crippen LogP contribution in [0.3, 0.4) is 0 Å². The van der Waals surface area contributed by atoms with Crippen molar-refractivity contribution in [3.63, 3.8) is 0 Å². The molecule has 0 amide bonds. The number of carboxylic acid groups (broad SMARTS) is 1. The number of aromatic carboxylic acids is 1. The quantitative estimate of drug-likeness (QED) is 0.919. The summed E-state index contributed by atoms with van der Waals surface area (Å²) in [7, 11) is 1.94. The third-order valence-electron chi connectivity index (χ3n) is 3.64. The van der Waals surface area contributed by atoms with E-state index in [9.17, 15) is 9.90 Å². The first-order valence-corrected chi connectivity index (χ1v) is 6.85. The van der Waals surface area contributed by atoms with Crippen molar-refractivity contribution < 1.29 is 14.6 Å². The molecule has 1 saturated heterocycles. The highest BCUT2D eigenvalue weighted by Gasteiger charge is 2.25. The zero-order chi connectivity index (χ0) is 14.9. The molecule has 20 heavy (non-hydrogen) atoms. The predicted molar refractivity (Wildman–Crippen MR) is 77.5 cm³/mol. The second-order valence-electron chi connectivity index (χ2n) is 6.28. The van der Waals surface area contributed by atoms with Crippen LogP contribution in [0.1, 0.15) is 43.2 Å². The number of carboxylic acids is 1. The van der Waals surface area contributed by atoms with Gasteiger partial charge in [-0.1, -0.05) is 20.8 Å². The summed E-state index contributed by atoms with van der Waals surface area (Å²) in [4.78, 5) is 18.0. The van der Waals surface area contributed by atoms with E-state index in [1.165, 1.54) is 0 Å². The Morgan fingerprint density at radius 1 is 1.45 bits per heavy atom. The first-order chi connectivity index (χ1) is 9.29. The van der Waals surface area contributed by atoms with Crippen molar-refractivity contribution in [2.24, 2.45) is 0 Å². The molecule has 1 fully saturated rings. The van der Waals surface area contributed by atoms with Crippen molar-refractivity contribution in [3.8, 4) is 0 Å². The van der Waals surface area contributed by atoms with Gasteiger partial charge in [0.25, 0.3) is 0 Å². The third-order valence-corrected chi connectivity index (χ3v) is 3.64. The zero-order valence-corrected chi connectivity index (χ0v) is 12.5. The molecule has 2 heterocycles. The maximum atomic E-state index is 11.3. The van der Waals surface area contributed by atoms with Gasteiger partial charge in [0.05, 0.1) is 18.2 Å². The second-order valence-corrected chi connectivity index (χ2v) is 6.28. The van der Waals surface area contributed by atoms with Gasteiger partial charge in [0.2, 0.25) is 0 Å². The Kier molecular flexibility index (Phi) is 3.99. The lowest BCUT2D eigenvalue weighted by Gasteiger charge is -2.27. The number of pyridine rings is 1. The molecular weight excluding hydrogens is 256 g/mol. The van der Waals surface area contributed by atoms with Crippen molar-refractivity contribution in [2.45, 2.75) is 38.6 Å². The molecule has 0 saturated carbocycles. The van der Waals surface area contributed by atoms with Gasteiger partial charge in [0.1, 0.15) is 5.82 Å². The molecular formula is C15H22N2O3. The highest BCUT2D eigenvalue weighted by Crippen LogP contribution is 2.26. The average molecular weight is 278 g/mol. The van der Waals surface area contributed by atoms with Crippen molar-refractivity contribution in [2.75, 3.05) is 25.2 Å². The molecule has 5 nitrogen and oxygen atoms in total. The minimum atomic E-state index is -0.921. The van der Waals surface area contributed by atoms with E-state index in [1.807, 2.05) is 32.7 Å². The van der Waals surface area contributed by atoms with Gasteiger partial charge in [-0.3, -0.25) is 0 Å². The van der Waals surface area contributed by atoms with E-state index in [0.29, 0.717) is 12.4 Å². The Balaban J connectivity index is 2.41. The van der Waals surface area contributed by atoms with Crippen LogP contribution < -0.4 is 4.90 Å². The van der Waals surface area contributed by atoms with Crippen LogP contribution in [-0.2, 0) is 10.2 Å². The smallest absolute Gasteiger partial charge is 0.335 e. The van der Waals surface area contributed by atoms with Crippen LogP contribution in [-0.4, -0.2) is 42.4 Å². The molecule has 0 aliphatic carbocycles. The molecule has 1 atom stereocenters. The Hall–Kier alpha value is -1.62. The van der Waals surface area contributed by atoms with Crippen LogP contribution >= 0.6 is 0 Å². The average Bonchev–Trinajstić information content (AvgIpc) is 2.90. The lowest BCUT2D eigenvalue weighted by atomic mass is 9.90. The molecule has 5 heteroatoms. The van der Waals surface area contributed by atoms with Gasteiger partial charge in [0.15, 0.2) is 0 Å². The van der Waals surface area contributed by atoms with Crippen LogP contribution in [0.4, 0.5) is 5.82 Å². The van der Waals surface area contributed by atoms with Crippen LogP contribution in [0, 0.1) is 0 Å². The molecule has 0 bridgehead atoms. The second kappa shape index (κ2) is 5.40. The van der Waals surface area contributed by atoms with Gasteiger partial charge in [-0.2, -0.15) is 0 Å². The first-order valence-electron chi connectivity index (χ1n) is 6.85. The van der Waals surface area contributed by atoms with Crippen molar-refractivity contribution in [1.29, 1.82) is 0 Å². The predicted octanol–water partition coefficient (Wildman–Crippen LogP) is 2.30. The number of rotatable bonds is 3. The normalized spacial score (nSPS) is 19.1. The lowest BCUT2D eigenvalue weighted by Crippen LogP contribution is -2.33. The fourth-order valence-corrected chi connectivity index (χ4v) is 2.22. The van der Waals surface area contributed by atoms with E-state index in [1.54, 1.807) is 12.1 Å². The van der Waals surface area contributed by atoms with Crippen molar-refractivity contribution in [3.05, 3.63) is 23.4 Å². The molecule has 0 radical (unpaired) electrons. The van der Waals surface area contributed by atoms with Gasteiger partial charge in [0, 0.05) is 24.8 Å². The fraction of sp³-hybridized carbons (Fsp3) is 0.600. The Labute approximate surface area is 119 Å². The Bertz CT molecular complexity index is 502. The minimum Gasteiger partial charge on any atom is -0.478 e. The summed E-state index contributed by atoms with van der Waals surface area (Å²) in [5, 5.41) is 9.28. The molecule has 1 N–H and O–H groups in total. The number of aromatic nitrogens is 1.